The molecule has 0 aliphatic heterocycles. The van der Waals surface area contributed by atoms with E-state index in [2.05, 4.69) is 0 Å². The van der Waals surface area contributed by atoms with Gasteiger partial charge in [0.05, 0.1) is 28.4 Å². The Morgan fingerprint density at radius 1 is 0.719 bits per heavy atom. The summed E-state index contributed by atoms with van der Waals surface area (Å²) >= 11 is 0. The Labute approximate surface area is 187 Å². The number of hydrogen-bond acceptors (Lipinski definition) is 8. The predicted molar refractivity (Wildman–Crippen MR) is 119 cm³/mol. The lowest BCUT2D eigenvalue weighted by Crippen LogP contribution is -2.06. The predicted octanol–water partition coefficient (Wildman–Crippen LogP) is 4.39. The normalized spacial score (nSPS) is 11.6. The van der Waals surface area contributed by atoms with Crippen molar-refractivity contribution in [3.8, 4) is 34.5 Å². The highest BCUT2D eigenvalue weighted by Gasteiger charge is 2.18. The third-order valence-corrected chi connectivity index (χ3v) is 4.56. The fourth-order valence-electron chi connectivity index (χ4n) is 3.01. The van der Waals surface area contributed by atoms with Gasteiger partial charge >= 0.3 is 11.9 Å². The van der Waals surface area contributed by atoms with E-state index in [4.69, 9.17) is 28.4 Å². The van der Waals surface area contributed by atoms with Gasteiger partial charge in [-0.05, 0) is 41.3 Å². The zero-order valence-corrected chi connectivity index (χ0v) is 19.3. The summed E-state index contributed by atoms with van der Waals surface area (Å²) < 4.78 is 32.0. The van der Waals surface area contributed by atoms with Gasteiger partial charge in [0.25, 0.3) is 0 Å². The van der Waals surface area contributed by atoms with Crippen LogP contribution in [0.25, 0.3) is 6.08 Å². The van der Waals surface area contributed by atoms with Crippen LogP contribution in [0.3, 0.4) is 0 Å². The summed E-state index contributed by atoms with van der Waals surface area (Å²) in [6, 6.07) is 7.07. The number of methoxy groups -OCH3 is 4. The molecule has 0 heterocycles. The van der Waals surface area contributed by atoms with E-state index >= 15 is 0 Å². The summed E-state index contributed by atoms with van der Waals surface area (Å²) in [5.74, 6) is 1.01. The minimum atomic E-state index is -0.474. The number of ether oxygens (including phenoxy) is 6. The van der Waals surface area contributed by atoms with Crippen LogP contribution in [0.15, 0.2) is 30.3 Å². The van der Waals surface area contributed by atoms with Gasteiger partial charge in [0, 0.05) is 13.8 Å². The molecule has 172 valence electrons. The fraction of sp³-hybridized carbons (Fsp3) is 0.333. The second kappa shape index (κ2) is 11.1. The highest BCUT2D eigenvalue weighted by Crippen LogP contribution is 2.41. The second-order valence-corrected chi connectivity index (χ2v) is 6.84. The number of carbonyl (C=O) groups is 2. The van der Waals surface area contributed by atoms with E-state index in [-0.39, 0.29) is 17.4 Å². The number of hydrogen-bond donors (Lipinski definition) is 0. The molecular formula is C24H28O8. The lowest BCUT2D eigenvalue weighted by molar-refractivity contribution is -0.133. The maximum absolute atomic E-state index is 11.4. The van der Waals surface area contributed by atoms with Gasteiger partial charge in [-0.25, -0.2) is 0 Å². The summed E-state index contributed by atoms with van der Waals surface area (Å²) in [7, 11) is 5.97. The lowest BCUT2D eigenvalue weighted by atomic mass is 9.98. The van der Waals surface area contributed by atoms with Crippen LogP contribution in [0.1, 0.15) is 37.8 Å². The summed E-state index contributed by atoms with van der Waals surface area (Å²) in [5.41, 5.74) is 1.68. The lowest BCUT2D eigenvalue weighted by Gasteiger charge is -2.16. The van der Waals surface area contributed by atoms with Crippen LogP contribution in [-0.2, 0) is 9.59 Å². The molecule has 2 rings (SSSR count). The Bertz CT molecular complexity index is 959. The molecule has 0 spiro atoms. The summed E-state index contributed by atoms with van der Waals surface area (Å²) in [6.07, 6.45) is 3.87. The first-order valence-corrected chi connectivity index (χ1v) is 9.81. The second-order valence-electron chi connectivity index (χ2n) is 6.84. The number of rotatable bonds is 9. The quantitative estimate of drug-likeness (QED) is 0.416. The molecule has 0 bridgehead atoms. The molecule has 2 aromatic carbocycles. The molecule has 1 unspecified atom stereocenters. The first-order valence-electron chi connectivity index (χ1n) is 9.81. The fourth-order valence-corrected chi connectivity index (χ4v) is 3.01. The third kappa shape index (κ3) is 5.94. The molecule has 0 fully saturated rings. The molecule has 0 N–H and O–H groups in total. The minimum absolute atomic E-state index is 0.0469. The van der Waals surface area contributed by atoms with Gasteiger partial charge < -0.3 is 28.4 Å². The van der Waals surface area contributed by atoms with Crippen molar-refractivity contribution < 1.29 is 38.0 Å². The zero-order chi connectivity index (χ0) is 23.8. The first kappa shape index (κ1) is 24.6. The topological polar surface area (TPSA) is 89.5 Å². The molecule has 0 radical (unpaired) electrons. The van der Waals surface area contributed by atoms with Crippen molar-refractivity contribution >= 4 is 18.0 Å². The van der Waals surface area contributed by atoms with Crippen LogP contribution in [0.5, 0.6) is 34.5 Å². The monoisotopic (exact) mass is 444 g/mol. The van der Waals surface area contributed by atoms with Gasteiger partial charge in [-0.1, -0.05) is 19.1 Å². The number of allylic oxidation sites excluding steroid dienone is 1. The Hall–Kier alpha value is -3.68. The van der Waals surface area contributed by atoms with Crippen LogP contribution >= 0.6 is 0 Å². The Kier molecular flexibility index (Phi) is 8.52. The average molecular weight is 444 g/mol. The van der Waals surface area contributed by atoms with E-state index < -0.39 is 11.9 Å². The van der Waals surface area contributed by atoms with Crippen molar-refractivity contribution in [3.63, 3.8) is 0 Å². The van der Waals surface area contributed by atoms with Gasteiger partial charge in [-0.3, -0.25) is 9.59 Å². The summed E-state index contributed by atoms with van der Waals surface area (Å²) in [5, 5.41) is 0. The van der Waals surface area contributed by atoms with Crippen molar-refractivity contribution in [1.29, 1.82) is 0 Å². The van der Waals surface area contributed by atoms with E-state index in [0.717, 1.165) is 11.1 Å². The van der Waals surface area contributed by atoms with Crippen LogP contribution in [0, 0.1) is 0 Å². The van der Waals surface area contributed by atoms with Crippen molar-refractivity contribution in [2.75, 3.05) is 28.4 Å². The van der Waals surface area contributed by atoms with Crippen molar-refractivity contribution in [2.24, 2.45) is 0 Å². The molecule has 1 atom stereocenters. The summed E-state index contributed by atoms with van der Waals surface area (Å²) in [4.78, 5) is 22.8. The molecule has 0 aliphatic carbocycles. The van der Waals surface area contributed by atoms with Gasteiger partial charge in [0.2, 0.25) is 11.5 Å². The molecule has 0 saturated carbocycles. The number of esters is 2. The van der Waals surface area contributed by atoms with Crippen LogP contribution in [0.4, 0.5) is 0 Å². The standard InChI is InChI=1S/C24H28O8/c1-14(18-12-21(29-6)24(32-16(3)26)22(13-18)30-7)8-9-17-10-19(27-4)23(31-15(2)25)20(11-17)28-5/h8-14H,1-7H3. The largest absolute Gasteiger partial charge is 0.493 e. The average Bonchev–Trinajstić information content (AvgIpc) is 2.77. The van der Waals surface area contributed by atoms with E-state index in [1.807, 2.05) is 19.1 Å². The maximum Gasteiger partial charge on any atom is 0.308 e. The minimum Gasteiger partial charge on any atom is -0.493 e. The van der Waals surface area contributed by atoms with E-state index in [0.29, 0.717) is 23.0 Å². The summed E-state index contributed by atoms with van der Waals surface area (Å²) in [6.45, 7) is 4.62. The molecule has 0 saturated heterocycles. The third-order valence-electron chi connectivity index (χ3n) is 4.56. The van der Waals surface area contributed by atoms with E-state index in [1.165, 1.54) is 42.3 Å². The van der Waals surface area contributed by atoms with E-state index in [1.54, 1.807) is 24.3 Å². The molecule has 8 heteroatoms. The van der Waals surface area contributed by atoms with Crippen LogP contribution in [-0.4, -0.2) is 40.4 Å². The van der Waals surface area contributed by atoms with Crippen molar-refractivity contribution in [2.45, 2.75) is 26.7 Å². The Balaban J connectivity index is 2.40. The molecule has 0 amide bonds. The van der Waals surface area contributed by atoms with Crippen LogP contribution < -0.4 is 28.4 Å². The molecule has 2 aromatic rings. The zero-order valence-electron chi connectivity index (χ0n) is 19.3. The van der Waals surface area contributed by atoms with Gasteiger partial charge in [0.1, 0.15) is 0 Å². The molecule has 0 aliphatic rings. The maximum atomic E-state index is 11.4. The van der Waals surface area contributed by atoms with Crippen molar-refractivity contribution in [3.05, 3.63) is 41.5 Å². The number of benzene rings is 2. The molecule has 8 nitrogen and oxygen atoms in total. The number of carbonyl (C=O) groups excluding carboxylic acids is 2. The van der Waals surface area contributed by atoms with Gasteiger partial charge in [-0.2, -0.15) is 0 Å². The Morgan fingerprint density at radius 3 is 1.44 bits per heavy atom. The first-order chi connectivity index (χ1) is 15.2. The highest BCUT2D eigenvalue weighted by atomic mass is 16.6. The highest BCUT2D eigenvalue weighted by molar-refractivity contribution is 5.74. The Morgan fingerprint density at radius 2 is 1.09 bits per heavy atom. The van der Waals surface area contributed by atoms with Crippen LogP contribution in [0.2, 0.25) is 0 Å². The smallest absolute Gasteiger partial charge is 0.308 e. The SMILES string of the molecule is COc1cc(C=CC(C)c2cc(OC)c(OC(C)=O)c(OC)c2)cc(OC)c1OC(C)=O. The molecule has 32 heavy (non-hydrogen) atoms. The van der Waals surface area contributed by atoms with E-state index in [9.17, 15) is 9.59 Å². The molecular weight excluding hydrogens is 416 g/mol. The van der Waals surface area contributed by atoms with Gasteiger partial charge in [0.15, 0.2) is 23.0 Å². The van der Waals surface area contributed by atoms with Gasteiger partial charge in [-0.15, -0.1) is 0 Å². The van der Waals surface area contributed by atoms with Crippen molar-refractivity contribution in [1.82, 2.24) is 0 Å². The molecule has 0 aromatic heterocycles.